The van der Waals surface area contributed by atoms with Crippen molar-refractivity contribution in [1.29, 1.82) is 0 Å². The number of fused-ring (bicyclic) bond motifs is 1. The lowest BCUT2D eigenvalue weighted by molar-refractivity contribution is 0.112. The van der Waals surface area contributed by atoms with E-state index in [0.29, 0.717) is 29.6 Å². The summed E-state index contributed by atoms with van der Waals surface area (Å²) in [5, 5.41) is 0. The summed E-state index contributed by atoms with van der Waals surface area (Å²) in [4.78, 5) is 30.9. The van der Waals surface area contributed by atoms with E-state index in [1.54, 1.807) is 12.3 Å². The average molecular weight is 299 g/mol. The van der Waals surface area contributed by atoms with Crippen LogP contribution in [0.3, 0.4) is 0 Å². The van der Waals surface area contributed by atoms with Gasteiger partial charge in [0.05, 0.1) is 0 Å². The summed E-state index contributed by atoms with van der Waals surface area (Å²) >= 11 is 0. The van der Waals surface area contributed by atoms with Crippen molar-refractivity contribution in [2.24, 2.45) is 11.8 Å². The summed E-state index contributed by atoms with van der Waals surface area (Å²) in [6.07, 6.45) is 3.47. The number of aldehydes is 1. The first kappa shape index (κ1) is 14.8. The van der Waals surface area contributed by atoms with Gasteiger partial charge >= 0.3 is 0 Å². The smallest absolute Gasteiger partial charge is 0.270 e. The molecule has 0 radical (unpaired) electrons. The van der Waals surface area contributed by atoms with E-state index < -0.39 is 0 Å². The molecule has 5 nitrogen and oxygen atoms in total. The molecule has 116 valence electrons. The maximum Gasteiger partial charge on any atom is 0.270 e. The van der Waals surface area contributed by atoms with Gasteiger partial charge in [0.15, 0.2) is 6.29 Å². The van der Waals surface area contributed by atoms with E-state index in [4.69, 9.17) is 0 Å². The molecule has 0 aromatic carbocycles. The summed E-state index contributed by atoms with van der Waals surface area (Å²) < 4.78 is 1.46. The first-order valence-corrected chi connectivity index (χ1v) is 7.73. The summed E-state index contributed by atoms with van der Waals surface area (Å²) in [7, 11) is 0. The predicted octanol–water partition coefficient (Wildman–Crippen LogP) is 2.30. The SMILES string of the molecule is Cc1cccn2c(=O)c(C=O)c(N3C[C@@H](C)C[C@H](C)C3)nc12. The standard InChI is InChI=1S/C17H21N3O2/c1-11-7-12(2)9-19(8-11)16-14(10-21)17(22)20-6-4-5-13(3)15(20)18-16/h4-6,10-12H,7-9H2,1-3H3/t11-,12-/m0/s1. The van der Waals surface area contributed by atoms with Crippen LogP contribution in [0.2, 0.25) is 0 Å². The third-order valence-electron chi connectivity index (χ3n) is 4.35. The molecule has 0 bridgehead atoms. The van der Waals surface area contributed by atoms with Crippen LogP contribution in [0.5, 0.6) is 0 Å². The molecule has 2 aromatic rings. The molecule has 2 atom stereocenters. The number of hydrogen-bond acceptors (Lipinski definition) is 4. The second kappa shape index (κ2) is 5.55. The number of carbonyl (C=O) groups is 1. The quantitative estimate of drug-likeness (QED) is 0.798. The van der Waals surface area contributed by atoms with E-state index in [1.165, 1.54) is 10.8 Å². The third-order valence-corrected chi connectivity index (χ3v) is 4.35. The number of anilines is 1. The van der Waals surface area contributed by atoms with E-state index >= 15 is 0 Å². The van der Waals surface area contributed by atoms with Gasteiger partial charge in [-0.1, -0.05) is 19.9 Å². The fourth-order valence-electron chi connectivity index (χ4n) is 3.48. The van der Waals surface area contributed by atoms with E-state index in [9.17, 15) is 9.59 Å². The van der Waals surface area contributed by atoms with Crippen molar-refractivity contribution in [3.05, 3.63) is 39.8 Å². The van der Waals surface area contributed by atoms with Crippen LogP contribution in [-0.2, 0) is 0 Å². The van der Waals surface area contributed by atoms with Gasteiger partial charge in [-0.2, -0.15) is 0 Å². The van der Waals surface area contributed by atoms with Gasteiger partial charge in [0.1, 0.15) is 17.0 Å². The number of carbonyl (C=O) groups excluding carboxylic acids is 1. The van der Waals surface area contributed by atoms with Gasteiger partial charge in [0.2, 0.25) is 0 Å². The molecule has 1 aliphatic heterocycles. The predicted molar refractivity (Wildman–Crippen MR) is 86.7 cm³/mol. The molecule has 1 fully saturated rings. The lowest BCUT2D eigenvalue weighted by atomic mass is 9.92. The van der Waals surface area contributed by atoms with Crippen LogP contribution in [0.4, 0.5) is 5.82 Å². The summed E-state index contributed by atoms with van der Waals surface area (Å²) in [6, 6.07) is 3.72. The summed E-state index contributed by atoms with van der Waals surface area (Å²) in [5.74, 6) is 1.59. The minimum Gasteiger partial charge on any atom is -0.355 e. The molecule has 0 amide bonds. The second-order valence-electron chi connectivity index (χ2n) is 6.51. The van der Waals surface area contributed by atoms with Crippen LogP contribution in [0, 0.1) is 18.8 Å². The van der Waals surface area contributed by atoms with Crippen molar-refractivity contribution >= 4 is 17.8 Å². The van der Waals surface area contributed by atoms with E-state index in [-0.39, 0.29) is 11.1 Å². The van der Waals surface area contributed by atoms with Crippen molar-refractivity contribution in [3.63, 3.8) is 0 Å². The zero-order valence-corrected chi connectivity index (χ0v) is 13.2. The molecule has 22 heavy (non-hydrogen) atoms. The Kier molecular flexibility index (Phi) is 3.72. The Hall–Kier alpha value is -2.17. The summed E-state index contributed by atoms with van der Waals surface area (Å²) in [5.41, 5.74) is 1.42. The molecule has 3 heterocycles. The van der Waals surface area contributed by atoms with E-state index in [0.717, 1.165) is 18.7 Å². The van der Waals surface area contributed by atoms with E-state index in [1.807, 2.05) is 13.0 Å². The molecule has 0 saturated carbocycles. The Morgan fingerprint density at radius 2 is 1.95 bits per heavy atom. The van der Waals surface area contributed by atoms with Gasteiger partial charge in [-0.05, 0) is 36.8 Å². The minimum atomic E-state index is -0.287. The molecule has 0 aliphatic carbocycles. The van der Waals surface area contributed by atoms with Gasteiger partial charge in [-0.25, -0.2) is 4.98 Å². The molecule has 5 heteroatoms. The maximum atomic E-state index is 12.6. The fourth-order valence-corrected chi connectivity index (χ4v) is 3.48. The molecule has 3 rings (SSSR count). The number of hydrogen-bond donors (Lipinski definition) is 0. The molecular weight excluding hydrogens is 278 g/mol. The number of aromatic nitrogens is 2. The Balaban J connectivity index is 2.22. The third kappa shape index (κ3) is 2.40. The number of rotatable bonds is 2. The van der Waals surface area contributed by atoms with Crippen LogP contribution >= 0.6 is 0 Å². The number of piperidine rings is 1. The highest BCUT2D eigenvalue weighted by molar-refractivity contribution is 5.83. The van der Waals surface area contributed by atoms with E-state index in [2.05, 4.69) is 23.7 Å². The van der Waals surface area contributed by atoms with Gasteiger partial charge < -0.3 is 4.90 Å². The van der Waals surface area contributed by atoms with Crippen molar-refractivity contribution in [1.82, 2.24) is 9.38 Å². The van der Waals surface area contributed by atoms with Crippen LogP contribution in [0.1, 0.15) is 36.2 Å². The number of nitrogens with zero attached hydrogens (tertiary/aromatic N) is 3. The van der Waals surface area contributed by atoms with Gasteiger partial charge in [-0.15, -0.1) is 0 Å². The second-order valence-corrected chi connectivity index (χ2v) is 6.51. The van der Waals surface area contributed by atoms with Crippen LogP contribution in [0.25, 0.3) is 5.65 Å². The van der Waals surface area contributed by atoms with Gasteiger partial charge in [-0.3, -0.25) is 14.0 Å². The molecule has 0 spiro atoms. The first-order chi connectivity index (χ1) is 10.5. The summed E-state index contributed by atoms with van der Waals surface area (Å²) in [6.45, 7) is 7.98. The van der Waals surface area contributed by atoms with Crippen LogP contribution < -0.4 is 10.5 Å². The van der Waals surface area contributed by atoms with Crippen molar-refractivity contribution < 1.29 is 4.79 Å². The maximum absolute atomic E-state index is 12.6. The monoisotopic (exact) mass is 299 g/mol. The zero-order chi connectivity index (χ0) is 15.9. The largest absolute Gasteiger partial charge is 0.355 e. The number of pyridine rings is 1. The van der Waals surface area contributed by atoms with Crippen molar-refractivity contribution in [2.45, 2.75) is 27.2 Å². The number of aryl methyl sites for hydroxylation is 1. The Bertz CT molecular complexity index is 771. The molecule has 2 aromatic heterocycles. The normalized spacial score (nSPS) is 22.0. The van der Waals surface area contributed by atoms with Crippen LogP contribution in [-0.4, -0.2) is 28.8 Å². The topological polar surface area (TPSA) is 54.7 Å². The average Bonchev–Trinajstić information content (AvgIpc) is 2.47. The lowest BCUT2D eigenvalue weighted by Crippen LogP contribution is -2.41. The molecule has 1 saturated heterocycles. The Morgan fingerprint density at radius 3 is 2.59 bits per heavy atom. The minimum absolute atomic E-state index is 0.157. The van der Waals surface area contributed by atoms with Gasteiger partial charge in [0.25, 0.3) is 5.56 Å². The highest BCUT2D eigenvalue weighted by Crippen LogP contribution is 2.26. The Morgan fingerprint density at radius 1 is 1.27 bits per heavy atom. The van der Waals surface area contributed by atoms with Crippen molar-refractivity contribution in [3.8, 4) is 0 Å². The zero-order valence-electron chi connectivity index (χ0n) is 13.2. The molecule has 1 aliphatic rings. The first-order valence-electron chi connectivity index (χ1n) is 7.73. The highest BCUT2D eigenvalue weighted by Gasteiger charge is 2.26. The fraction of sp³-hybridized carbons (Fsp3) is 0.471. The van der Waals surface area contributed by atoms with Gasteiger partial charge in [0, 0.05) is 19.3 Å². The van der Waals surface area contributed by atoms with Crippen LogP contribution in [0.15, 0.2) is 23.1 Å². The Labute approximate surface area is 129 Å². The molecule has 0 unspecified atom stereocenters. The van der Waals surface area contributed by atoms with Crippen molar-refractivity contribution in [2.75, 3.05) is 18.0 Å². The molecular formula is C17H21N3O2. The lowest BCUT2D eigenvalue weighted by Gasteiger charge is -2.36. The highest BCUT2D eigenvalue weighted by atomic mass is 16.1. The molecule has 0 N–H and O–H groups in total.